The second-order valence-corrected chi connectivity index (χ2v) is 5.70. The van der Waals surface area contributed by atoms with E-state index in [1.54, 1.807) is 18.2 Å². The quantitative estimate of drug-likeness (QED) is 0.742. The van der Waals surface area contributed by atoms with E-state index in [1.165, 1.54) is 12.1 Å². The Kier molecular flexibility index (Phi) is 2.81. The van der Waals surface area contributed by atoms with E-state index in [-0.39, 0.29) is 29.5 Å². The number of rotatable bonds is 1. The predicted molar refractivity (Wildman–Crippen MR) is 79.2 cm³/mol. The highest BCUT2D eigenvalue weighted by Crippen LogP contribution is 2.50. The van der Waals surface area contributed by atoms with Gasteiger partial charge in [-0.15, -0.1) is 0 Å². The van der Waals surface area contributed by atoms with E-state index in [0.29, 0.717) is 11.3 Å². The van der Waals surface area contributed by atoms with Gasteiger partial charge in [0, 0.05) is 11.5 Å². The molecule has 0 saturated carbocycles. The third kappa shape index (κ3) is 1.88. The van der Waals surface area contributed by atoms with E-state index in [2.05, 4.69) is 17.5 Å². The topological polar surface area (TPSA) is 12.0 Å². The Morgan fingerprint density at radius 2 is 1.67 bits per heavy atom. The van der Waals surface area contributed by atoms with E-state index in [1.807, 2.05) is 12.1 Å². The van der Waals surface area contributed by atoms with Crippen molar-refractivity contribution >= 4 is 5.69 Å². The number of hydrogen-bond donors (Lipinski definition) is 1. The smallest absolute Gasteiger partial charge is 0.146 e. The van der Waals surface area contributed by atoms with Gasteiger partial charge in [0.05, 0.1) is 11.7 Å². The highest BCUT2D eigenvalue weighted by Gasteiger charge is 2.39. The number of para-hydroxylation sites is 1. The first-order valence-electron chi connectivity index (χ1n) is 7.22. The maximum absolute atomic E-state index is 14.2. The van der Waals surface area contributed by atoms with Crippen LogP contribution in [-0.4, -0.2) is 0 Å². The Labute approximate surface area is 122 Å². The Morgan fingerprint density at radius 1 is 0.905 bits per heavy atom. The van der Waals surface area contributed by atoms with E-state index in [4.69, 9.17) is 0 Å². The van der Waals surface area contributed by atoms with Gasteiger partial charge >= 0.3 is 0 Å². The molecule has 3 heteroatoms. The number of hydrogen-bond acceptors (Lipinski definition) is 1. The molecule has 106 valence electrons. The van der Waals surface area contributed by atoms with Gasteiger partial charge in [0.15, 0.2) is 0 Å². The fourth-order valence-corrected chi connectivity index (χ4v) is 3.62. The molecule has 1 N–H and O–H groups in total. The van der Waals surface area contributed by atoms with Gasteiger partial charge in [0.2, 0.25) is 0 Å². The van der Waals surface area contributed by atoms with Gasteiger partial charge in [-0.3, -0.25) is 0 Å². The molecule has 1 aliphatic carbocycles. The zero-order chi connectivity index (χ0) is 14.4. The molecular weight excluding hydrogens is 268 g/mol. The summed E-state index contributed by atoms with van der Waals surface area (Å²) >= 11 is 0. The zero-order valence-corrected chi connectivity index (χ0v) is 11.4. The van der Waals surface area contributed by atoms with Crippen LogP contribution in [0.1, 0.15) is 29.5 Å². The lowest BCUT2D eigenvalue weighted by molar-refractivity contribution is 0.409. The molecule has 0 unspecified atom stereocenters. The molecule has 0 spiro atoms. The van der Waals surface area contributed by atoms with Crippen molar-refractivity contribution in [3.8, 4) is 0 Å². The van der Waals surface area contributed by atoms with Crippen LogP contribution in [-0.2, 0) is 0 Å². The molecule has 2 aromatic carbocycles. The molecule has 0 bridgehead atoms. The fraction of sp³-hybridized carbons (Fsp3) is 0.222. The fourth-order valence-electron chi connectivity index (χ4n) is 3.62. The Balaban J connectivity index is 1.85. The standard InChI is InChI=1S/C18H15F2N/c19-15-9-2-1-5-14(15)17-12-7-3-6-11(12)13-8-4-10-16(20)18(13)21-17/h1-6,8-12,17,21H,7H2/t11-,12+,17-/m1/s1. The van der Waals surface area contributed by atoms with Crippen molar-refractivity contribution in [2.24, 2.45) is 5.92 Å². The van der Waals surface area contributed by atoms with E-state index in [9.17, 15) is 8.78 Å². The average molecular weight is 283 g/mol. The molecular formula is C18H15F2N. The van der Waals surface area contributed by atoms with Crippen LogP contribution in [0.25, 0.3) is 0 Å². The first-order chi connectivity index (χ1) is 10.3. The maximum Gasteiger partial charge on any atom is 0.146 e. The number of allylic oxidation sites excluding steroid dienone is 2. The molecule has 0 radical (unpaired) electrons. The summed E-state index contributed by atoms with van der Waals surface area (Å²) in [6, 6.07) is 11.7. The third-order valence-electron chi connectivity index (χ3n) is 4.59. The largest absolute Gasteiger partial charge is 0.375 e. The number of anilines is 1. The molecule has 21 heavy (non-hydrogen) atoms. The second-order valence-electron chi connectivity index (χ2n) is 5.70. The summed E-state index contributed by atoms with van der Waals surface area (Å²) in [6.07, 6.45) is 5.12. The van der Waals surface area contributed by atoms with Crippen LogP contribution in [0, 0.1) is 17.6 Å². The SMILES string of the molecule is Fc1ccccc1[C@@H]1Nc2c(F)cccc2[C@@H]2C=CC[C@@H]21. The minimum absolute atomic E-state index is 0.154. The molecule has 3 atom stereocenters. The van der Waals surface area contributed by atoms with Crippen LogP contribution in [0.5, 0.6) is 0 Å². The van der Waals surface area contributed by atoms with E-state index < -0.39 is 0 Å². The van der Waals surface area contributed by atoms with Crippen molar-refractivity contribution in [3.05, 3.63) is 77.4 Å². The normalized spacial score (nSPS) is 26.1. The predicted octanol–water partition coefficient (Wildman–Crippen LogP) is 4.79. The second kappa shape index (κ2) is 4.69. The van der Waals surface area contributed by atoms with Gasteiger partial charge in [0.25, 0.3) is 0 Å². The van der Waals surface area contributed by atoms with Gasteiger partial charge in [0.1, 0.15) is 11.6 Å². The van der Waals surface area contributed by atoms with Crippen LogP contribution in [0.2, 0.25) is 0 Å². The van der Waals surface area contributed by atoms with Crippen molar-refractivity contribution in [2.75, 3.05) is 5.32 Å². The minimum Gasteiger partial charge on any atom is -0.375 e. The van der Waals surface area contributed by atoms with Gasteiger partial charge in [-0.25, -0.2) is 8.78 Å². The summed E-state index contributed by atoms with van der Waals surface area (Å²) in [7, 11) is 0. The summed E-state index contributed by atoms with van der Waals surface area (Å²) in [5, 5.41) is 3.24. The minimum atomic E-state index is -0.271. The first-order valence-corrected chi connectivity index (χ1v) is 7.22. The van der Waals surface area contributed by atoms with Crippen LogP contribution < -0.4 is 5.32 Å². The Morgan fingerprint density at radius 3 is 2.52 bits per heavy atom. The molecule has 0 amide bonds. The maximum atomic E-state index is 14.2. The third-order valence-corrected chi connectivity index (χ3v) is 4.59. The van der Waals surface area contributed by atoms with Crippen LogP contribution in [0.4, 0.5) is 14.5 Å². The molecule has 0 saturated heterocycles. The van der Waals surface area contributed by atoms with Gasteiger partial charge in [-0.1, -0.05) is 42.5 Å². The van der Waals surface area contributed by atoms with Crippen LogP contribution in [0.3, 0.4) is 0 Å². The van der Waals surface area contributed by atoms with Crippen molar-refractivity contribution in [3.63, 3.8) is 0 Å². The summed E-state index contributed by atoms with van der Waals surface area (Å²) < 4.78 is 28.3. The summed E-state index contributed by atoms with van der Waals surface area (Å²) in [5.74, 6) is -0.120. The first kappa shape index (κ1) is 12.6. The lowest BCUT2D eigenvalue weighted by Gasteiger charge is -2.37. The molecule has 1 heterocycles. The summed E-state index contributed by atoms with van der Waals surface area (Å²) in [5.41, 5.74) is 2.10. The van der Waals surface area contributed by atoms with Crippen LogP contribution >= 0.6 is 0 Å². The van der Waals surface area contributed by atoms with Crippen molar-refractivity contribution in [1.29, 1.82) is 0 Å². The number of nitrogens with one attached hydrogen (secondary N) is 1. The van der Waals surface area contributed by atoms with Crippen molar-refractivity contribution in [2.45, 2.75) is 18.4 Å². The Hall–Kier alpha value is -2.16. The molecule has 0 aromatic heterocycles. The molecule has 1 nitrogen and oxygen atoms in total. The molecule has 2 aromatic rings. The Bertz CT molecular complexity index is 723. The average Bonchev–Trinajstić information content (AvgIpc) is 2.97. The van der Waals surface area contributed by atoms with Gasteiger partial charge in [-0.2, -0.15) is 0 Å². The van der Waals surface area contributed by atoms with E-state index in [0.717, 1.165) is 12.0 Å². The van der Waals surface area contributed by atoms with Crippen molar-refractivity contribution < 1.29 is 8.78 Å². The van der Waals surface area contributed by atoms with Gasteiger partial charge < -0.3 is 5.32 Å². The number of benzene rings is 2. The molecule has 1 aliphatic heterocycles. The summed E-state index contributed by atoms with van der Waals surface area (Å²) in [6.45, 7) is 0. The van der Waals surface area contributed by atoms with Gasteiger partial charge in [-0.05, 0) is 30.0 Å². The highest BCUT2D eigenvalue weighted by molar-refractivity contribution is 5.60. The van der Waals surface area contributed by atoms with E-state index >= 15 is 0 Å². The summed E-state index contributed by atoms with van der Waals surface area (Å²) in [4.78, 5) is 0. The van der Waals surface area contributed by atoms with Crippen LogP contribution in [0.15, 0.2) is 54.6 Å². The lowest BCUT2D eigenvalue weighted by Crippen LogP contribution is -2.30. The molecule has 2 aliphatic rings. The molecule has 4 rings (SSSR count). The van der Waals surface area contributed by atoms with Crippen molar-refractivity contribution in [1.82, 2.24) is 0 Å². The monoisotopic (exact) mass is 283 g/mol. The highest BCUT2D eigenvalue weighted by atomic mass is 19.1. The lowest BCUT2D eigenvalue weighted by atomic mass is 9.77. The number of halogens is 2. The zero-order valence-electron chi connectivity index (χ0n) is 11.4. The number of fused-ring (bicyclic) bond motifs is 3. The molecule has 0 fully saturated rings.